The fourth-order valence-electron chi connectivity index (χ4n) is 3.86. The molecule has 2 fully saturated rings. The van der Waals surface area contributed by atoms with Gasteiger partial charge in [-0.15, -0.1) is 0 Å². The van der Waals surface area contributed by atoms with Crippen LogP contribution in [0.15, 0.2) is 41.5 Å². The van der Waals surface area contributed by atoms with Crippen LogP contribution >= 0.6 is 0 Å². The lowest BCUT2D eigenvalue weighted by Gasteiger charge is -2.37. The number of amides is 2. The van der Waals surface area contributed by atoms with Crippen molar-refractivity contribution in [2.24, 2.45) is 28.8 Å². The molecule has 5 rings (SSSR count). The van der Waals surface area contributed by atoms with Gasteiger partial charge in [0.05, 0.1) is 18.1 Å². The van der Waals surface area contributed by atoms with Crippen LogP contribution in [-0.2, 0) is 9.59 Å². The van der Waals surface area contributed by atoms with Gasteiger partial charge in [-0.1, -0.05) is 12.2 Å². The van der Waals surface area contributed by atoms with E-state index in [1.807, 2.05) is 0 Å². The van der Waals surface area contributed by atoms with Gasteiger partial charge >= 0.3 is 0 Å². The van der Waals surface area contributed by atoms with Crippen LogP contribution in [0.25, 0.3) is 0 Å². The molecule has 1 heterocycles. The molecule has 5 heteroatoms. The Kier molecular flexibility index (Phi) is 2.89. The van der Waals surface area contributed by atoms with Crippen molar-refractivity contribution < 1.29 is 14.7 Å². The minimum Gasteiger partial charge on any atom is -0.508 e. The Hall–Kier alpha value is -2.43. The number of aromatic hydroxyl groups is 1. The molecule has 1 saturated heterocycles. The lowest BCUT2D eigenvalue weighted by Crippen LogP contribution is -2.38. The SMILES string of the molecule is O=C1[C@@H]2[C@@H](C(=O)N1/N=C\c1ccc(O)cc1)[C@H]1C=C[C@H]2CC1. The molecule has 1 aromatic carbocycles. The first-order valence-electron chi connectivity index (χ1n) is 7.54. The normalized spacial score (nSPS) is 33.0. The number of rotatable bonds is 2. The summed E-state index contributed by atoms with van der Waals surface area (Å²) in [5.74, 6) is -0.283. The summed E-state index contributed by atoms with van der Waals surface area (Å²) in [5, 5.41) is 14.4. The van der Waals surface area contributed by atoms with Crippen LogP contribution in [0.4, 0.5) is 0 Å². The molecule has 1 saturated carbocycles. The van der Waals surface area contributed by atoms with Crippen molar-refractivity contribution in [3.8, 4) is 5.75 Å². The fraction of sp³-hybridized carbons (Fsp3) is 0.353. The minimum atomic E-state index is -0.229. The van der Waals surface area contributed by atoms with Gasteiger partial charge in [-0.3, -0.25) is 9.59 Å². The highest BCUT2D eigenvalue weighted by Crippen LogP contribution is 2.49. The quantitative estimate of drug-likeness (QED) is 0.515. The molecule has 0 unspecified atom stereocenters. The maximum Gasteiger partial charge on any atom is 0.254 e. The van der Waals surface area contributed by atoms with Crippen LogP contribution in [0.5, 0.6) is 5.75 Å². The monoisotopic (exact) mass is 296 g/mol. The fourth-order valence-corrected chi connectivity index (χ4v) is 3.86. The maximum atomic E-state index is 12.5. The predicted octanol–water partition coefficient (Wildman–Crippen LogP) is 1.92. The molecule has 2 amide bonds. The number of hydrazone groups is 1. The third kappa shape index (κ3) is 1.89. The van der Waals surface area contributed by atoms with Crippen molar-refractivity contribution in [3.05, 3.63) is 42.0 Å². The zero-order valence-electron chi connectivity index (χ0n) is 11.9. The molecule has 2 bridgehead atoms. The standard InChI is InChI=1S/C17H16N2O3/c20-13-7-1-10(2-8-13)9-18-19-16(21)14-11-3-4-12(6-5-11)15(14)17(19)22/h1-4,7-9,11-12,14-15,20H,5-6H2/b18-9-/t11-,12-,14-,15-/m0/s1. The second kappa shape index (κ2) is 4.80. The van der Waals surface area contributed by atoms with E-state index < -0.39 is 0 Å². The zero-order valence-corrected chi connectivity index (χ0v) is 11.9. The minimum absolute atomic E-state index is 0.166. The summed E-state index contributed by atoms with van der Waals surface area (Å²) in [6, 6.07) is 6.45. The summed E-state index contributed by atoms with van der Waals surface area (Å²) < 4.78 is 0. The van der Waals surface area contributed by atoms with Gasteiger partial charge in [0.1, 0.15) is 5.75 Å². The number of hydrogen-bond acceptors (Lipinski definition) is 4. The number of phenols is 1. The van der Waals surface area contributed by atoms with E-state index in [0.717, 1.165) is 23.4 Å². The van der Waals surface area contributed by atoms with Gasteiger partial charge in [-0.2, -0.15) is 10.1 Å². The first-order chi connectivity index (χ1) is 10.6. The van der Waals surface area contributed by atoms with Crippen LogP contribution in [0.2, 0.25) is 0 Å². The van der Waals surface area contributed by atoms with E-state index in [-0.39, 0.29) is 41.2 Å². The second-order valence-corrected chi connectivity index (χ2v) is 6.17. The van der Waals surface area contributed by atoms with Crippen LogP contribution in [0, 0.1) is 23.7 Å². The summed E-state index contributed by atoms with van der Waals surface area (Å²) >= 11 is 0. The number of phenolic OH excluding ortho intramolecular Hbond substituents is 1. The summed E-state index contributed by atoms with van der Waals surface area (Å²) in [4.78, 5) is 25.1. The Morgan fingerprint density at radius 3 is 2.05 bits per heavy atom. The molecular weight excluding hydrogens is 280 g/mol. The van der Waals surface area contributed by atoms with E-state index in [9.17, 15) is 14.7 Å². The molecule has 1 aromatic rings. The molecule has 1 N–H and O–H groups in total. The number of fused-ring (bicyclic) bond motifs is 1. The van der Waals surface area contributed by atoms with Crippen LogP contribution in [0.1, 0.15) is 18.4 Å². The van der Waals surface area contributed by atoms with Gasteiger partial charge in [-0.05, 0) is 54.5 Å². The Morgan fingerprint density at radius 1 is 1.00 bits per heavy atom. The summed E-state index contributed by atoms with van der Waals surface area (Å²) in [5.41, 5.74) is 0.731. The Labute approximate surface area is 127 Å². The molecule has 4 atom stereocenters. The highest BCUT2D eigenvalue weighted by atomic mass is 16.3. The highest BCUT2D eigenvalue weighted by molar-refractivity contribution is 6.06. The third-order valence-corrected chi connectivity index (χ3v) is 4.95. The van der Waals surface area contributed by atoms with Gasteiger partial charge in [0.25, 0.3) is 11.8 Å². The van der Waals surface area contributed by atoms with Gasteiger partial charge in [0.2, 0.25) is 0 Å². The van der Waals surface area contributed by atoms with E-state index in [2.05, 4.69) is 17.3 Å². The van der Waals surface area contributed by atoms with Gasteiger partial charge in [0.15, 0.2) is 0 Å². The molecule has 0 radical (unpaired) electrons. The predicted molar refractivity (Wildman–Crippen MR) is 79.9 cm³/mol. The van der Waals surface area contributed by atoms with Crippen LogP contribution in [-0.4, -0.2) is 28.1 Å². The number of carbonyl (C=O) groups is 2. The summed E-state index contributed by atoms with van der Waals surface area (Å²) in [6.07, 6.45) is 7.64. The van der Waals surface area contributed by atoms with E-state index in [4.69, 9.17) is 0 Å². The lowest BCUT2D eigenvalue weighted by atomic mass is 9.63. The molecule has 4 aliphatic rings. The highest BCUT2D eigenvalue weighted by Gasteiger charge is 2.56. The third-order valence-electron chi connectivity index (χ3n) is 4.95. The largest absolute Gasteiger partial charge is 0.508 e. The number of hydrogen-bond donors (Lipinski definition) is 1. The molecule has 22 heavy (non-hydrogen) atoms. The van der Waals surface area contributed by atoms with Crippen molar-refractivity contribution >= 4 is 18.0 Å². The summed E-state index contributed by atoms with van der Waals surface area (Å²) in [6.45, 7) is 0. The summed E-state index contributed by atoms with van der Waals surface area (Å²) in [7, 11) is 0. The molecule has 1 aliphatic heterocycles. The molecular formula is C17H16N2O3. The van der Waals surface area contributed by atoms with Crippen molar-refractivity contribution in [2.45, 2.75) is 12.8 Å². The van der Waals surface area contributed by atoms with Crippen molar-refractivity contribution in [1.29, 1.82) is 0 Å². The topological polar surface area (TPSA) is 70.0 Å². The van der Waals surface area contributed by atoms with E-state index in [0.29, 0.717) is 0 Å². The average Bonchev–Trinajstić information content (AvgIpc) is 2.82. The molecule has 112 valence electrons. The Morgan fingerprint density at radius 2 is 1.55 bits per heavy atom. The Bertz CT molecular complexity index is 660. The van der Waals surface area contributed by atoms with E-state index in [1.54, 1.807) is 24.3 Å². The second-order valence-electron chi connectivity index (χ2n) is 6.17. The number of nitrogens with zero attached hydrogens (tertiary/aromatic N) is 2. The molecule has 5 nitrogen and oxygen atoms in total. The molecule has 0 spiro atoms. The van der Waals surface area contributed by atoms with E-state index in [1.165, 1.54) is 6.21 Å². The number of benzene rings is 1. The molecule has 0 aromatic heterocycles. The van der Waals surface area contributed by atoms with E-state index >= 15 is 0 Å². The zero-order chi connectivity index (χ0) is 15.3. The number of carbonyl (C=O) groups excluding carboxylic acids is 2. The van der Waals surface area contributed by atoms with Crippen LogP contribution in [0.3, 0.4) is 0 Å². The number of allylic oxidation sites excluding steroid dienone is 2. The van der Waals surface area contributed by atoms with Crippen molar-refractivity contribution in [1.82, 2.24) is 5.01 Å². The first-order valence-corrected chi connectivity index (χ1v) is 7.54. The van der Waals surface area contributed by atoms with Crippen molar-refractivity contribution in [2.75, 3.05) is 0 Å². The van der Waals surface area contributed by atoms with Crippen molar-refractivity contribution in [3.63, 3.8) is 0 Å². The lowest BCUT2D eigenvalue weighted by molar-refractivity contribution is -0.140. The first kappa shape index (κ1) is 13.2. The average molecular weight is 296 g/mol. The Balaban J connectivity index is 1.60. The van der Waals surface area contributed by atoms with Gasteiger partial charge < -0.3 is 5.11 Å². The van der Waals surface area contributed by atoms with Gasteiger partial charge in [-0.25, -0.2) is 0 Å². The maximum absolute atomic E-state index is 12.5. The van der Waals surface area contributed by atoms with Gasteiger partial charge in [0, 0.05) is 0 Å². The van der Waals surface area contributed by atoms with Crippen LogP contribution < -0.4 is 0 Å². The smallest absolute Gasteiger partial charge is 0.254 e. The number of imide groups is 1. The molecule has 3 aliphatic carbocycles.